The van der Waals surface area contributed by atoms with Crippen LogP contribution in [-0.2, 0) is 14.4 Å². The molecule has 2 amide bonds. The van der Waals surface area contributed by atoms with Crippen LogP contribution < -0.4 is 11.1 Å². The zero-order chi connectivity index (χ0) is 18.7. The molecule has 1 atom stereocenters. The van der Waals surface area contributed by atoms with Crippen LogP contribution in [0.25, 0.3) is 5.70 Å². The molecule has 1 rings (SSSR count). The van der Waals surface area contributed by atoms with E-state index in [1.54, 1.807) is 12.1 Å². The quantitative estimate of drug-likeness (QED) is 0.242. The molecule has 1 aromatic carbocycles. The molecule has 1 unspecified atom stereocenters. The molecule has 0 radical (unpaired) electrons. The van der Waals surface area contributed by atoms with E-state index in [9.17, 15) is 19.6 Å². The second-order valence-corrected chi connectivity index (χ2v) is 5.72. The molecule has 0 saturated heterocycles. The van der Waals surface area contributed by atoms with Crippen molar-refractivity contribution in [3.05, 3.63) is 42.0 Å². The molecule has 7 heteroatoms. The van der Waals surface area contributed by atoms with Gasteiger partial charge in [0.1, 0.15) is 0 Å². The minimum absolute atomic E-state index is 0.106. The van der Waals surface area contributed by atoms with Gasteiger partial charge in [0.25, 0.3) is 0 Å². The normalized spacial score (nSPS) is 12.3. The van der Waals surface area contributed by atoms with Crippen LogP contribution in [0.5, 0.6) is 0 Å². The summed E-state index contributed by atoms with van der Waals surface area (Å²) in [6.45, 7) is 1.68. The van der Waals surface area contributed by atoms with Crippen molar-refractivity contribution in [1.82, 2.24) is 10.4 Å². The molecule has 0 fully saturated rings. The Hall–Kier alpha value is -2.67. The standard InChI is InChI=1S/C18H25N3O4/c1-2-3-7-15(12-21(25)13-22)18(24)20-11-16(23)10-17(19)14-8-5-4-6-9-14/h4-6,8-10,13,15,25H,2-3,7,11-12,19H2,1H3,(H,20,24)/b17-10-. The first kappa shape index (κ1) is 20.4. The lowest BCUT2D eigenvalue weighted by molar-refractivity contribution is -0.154. The van der Waals surface area contributed by atoms with E-state index in [2.05, 4.69) is 5.32 Å². The Balaban J connectivity index is 2.59. The average Bonchev–Trinajstić information content (AvgIpc) is 2.63. The minimum Gasteiger partial charge on any atom is -0.398 e. The van der Waals surface area contributed by atoms with E-state index >= 15 is 0 Å². The Morgan fingerprint density at radius 1 is 1.32 bits per heavy atom. The van der Waals surface area contributed by atoms with Gasteiger partial charge in [0, 0.05) is 11.8 Å². The van der Waals surface area contributed by atoms with Gasteiger partial charge in [-0.05, 0) is 12.0 Å². The maximum Gasteiger partial charge on any atom is 0.233 e. The second-order valence-electron chi connectivity index (χ2n) is 5.72. The number of ketones is 1. The molecule has 4 N–H and O–H groups in total. The summed E-state index contributed by atoms with van der Waals surface area (Å²) < 4.78 is 0. The van der Waals surface area contributed by atoms with E-state index in [0.29, 0.717) is 17.2 Å². The van der Waals surface area contributed by atoms with Crippen LogP contribution in [0.3, 0.4) is 0 Å². The first-order valence-corrected chi connectivity index (χ1v) is 8.21. The third kappa shape index (κ3) is 7.63. The Morgan fingerprint density at radius 2 is 2.00 bits per heavy atom. The lowest BCUT2D eigenvalue weighted by Crippen LogP contribution is -2.39. The Morgan fingerprint density at radius 3 is 2.60 bits per heavy atom. The van der Waals surface area contributed by atoms with Crippen molar-refractivity contribution in [2.75, 3.05) is 13.1 Å². The van der Waals surface area contributed by atoms with Gasteiger partial charge in [-0.3, -0.25) is 19.6 Å². The maximum atomic E-state index is 12.2. The molecule has 0 aliphatic carbocycles. The Kier molecular flexibility index (Phi) is 8.95. The van der Waals surface area contributed by atoms with Gasteiger partial charge >= 0.3 is 0 Å². The van der Waals surface area contributed by atoms with Crippen molar-refractivity contribution in [2.24, 2.45) is 11.7 Å². The van der Waals surface area contributed by atoms with Crippen LogP contribution in [0.2, 0.25) is 0 Å². The fourth-order valence-electron chi connectivity index (χ4n) is 2.28. The van der Waals surface area contributed by atoms with Crippen LogP contribution in [-0.4, -0.2) is 41.5 Å². The average molecular weight is 347 g/mol. The van der Waals surface area contributed by atoms with Crippen LogP contribution in [0.1, 0.15) is 31.7 Å². The number of nitrogens with zero attached hydrogens (tertiary/aromatic N) is 1. The number of carbonyl (C=O) groups excluding carboxylic acids is 3. The lowest BCUT2D eigenvalue weighted by Gasteiger charge is -2.19. The fraction of sp³-hybridized carbons (Fsp3) is 0.389. The summed E-state index contributed by atoms with van der Waals surface area (Å²) in [6.07, 6.45) is 3.70. The number of nitrogens with one attached hydrogen (secondary N) is 1. The summed E-state index contributed by atoms with van der Waals surface area (Å²) in [6, 6.07) is 9.04. The fourth-order valence-corrected chi connectivity index (χ4v) is 2.28. The summed E-state index contributed by atoms with van der Waals surface area (Å²) in [5.41, 5.74) is 6.91. The van der Waals surface area contributed by atoms with Crippen molar-refractivity contribution >= 4 is 23.8 Å². The number of unbranched alkanes of at least 4 members (excludes halogenated alkanes) is 1. The van der Waals surface area contributed by atoms with Gasteiger partial charge < -0.3 is 11.1 Å². The monoisotopic (exact) mass is 347 g/mol. The number of hydroxylamine groups is 2. The molecule has 0 aromatic heterocycles. The maximum absolute atomic E-state index is 12.2. The predicted molar refractivity (Wildman–Crippen MR) is 94.2 cm³/mol. The first-order valence-electron chi connectivity index (χ1n) is 8.21. The summed E-state index contributed by atoms with van der Waals surface area (Å²) in [4.78, 5) is 34.7. The van der Waals surface area contributed by atoms with Crippen LogP contribution in [0.4, 0.5) is 0 Å². The zero-order valence-electron chi connectivity index (χ0n) is 14.4. The molecule has 0 aliphatic rings. The molecule has 0 saturated carbocycles. The highest BCUT2D eigenvalue weighted by atomic mass is 16.5. The topological polar surface area (TPSA) is 113 Å². The highest BCUT2D eigenvalue weighted by Crippen LogP contribution is 2.10. The predicted octanol–water partition coefficient (Wildman–Crippen LogP) is 1.33. The summed E-state index contributed by atoms with van der Waals surface area (Å²) in [5.74, 6) is -1.28. The molecule has 0 spiro atoms. The van der Waals surface area contributed by atoms with Crippen molar-refractivity contribution in [3.8, 4) is 0 Å². The van der Waals surface area contributed by atoms with Gasteiger partial charge in [-0.2, -0.15) is 0 Å². The molecular formula is C18H25N3O4. The lowest BCUT2D eigenvalue weighted by atomic mass is 10.0. The van der Waals surface area contributed by atoms with Gasteiger partial charge in [0.05, 0.1) is 19.0 Å². The van der Waals surface area contributed by atoms with Crippen LogP contribution >= 0.6 is 0 Å². The van der Waals surface area contributed by atoms with E-state index in [1.807, 2.05) is 25.1 Å². The number of benzene rings is 1. The third-order valence-electron chi connectivity index (χ3n) is 3.67. The van der Waals surface area contributed by atoms with E-state index in [1.165, 1.54) is 6.08 Å². The number of rotatable bonds is 11. The Bertz CT molecular complexity index is 602. The van der Waals surface area contributed by atoms with E-state index < -0.39 is 5.92 Å². The van der Waals surface area contributed by atoms with Crippen molar-refractivity contribution in [3.63, 3.8) is 0 Å². The van der Waals surface area contributed by atoms with E-state index in [4.69, 9.17) is 5.73 Å². The number of nitrogens with two attached hydrogens (primary N) is 1. The molecule has 136 valence electrons. The number of hydrogen-bond acceptors (Lipinski definition) is 5. The van der Waals surface area contributed by atoms with Gasteiger partial charge in [-0.25, -0.2) is 5.06 Å². The number of carbonyl (C=O) groups is 3. The molecule has 25 heavy (non-hydrogen) atoms. The molecule has 0 heterocycles. The highest BCUT2D eigenvalue weighted by molar-refractivity contribution is 5.99. The smallest absolute Gasteiger partial charge is 0.233 e. The molecule has 0 aliphatic heterocycles. The van der Waals surface area contributed by atoms with Crippen molar-refractivity contribution in [1.29, 1.82) is 0 Å². The van der Waals surface area contributed by atoms with Crippen LogP contribution in [0, 0.1) is 5.92 Å². The van der Waals surface area contributed by atoms with E-state index in [0.717, 1.165) is 18.4 Å². The van der Waals surface area contributed by atoms with Crippen LogP contribution in [0.15, 0.2) is 36.4 Å². The molecule has 1 aromatic rings. The summed E-state index contributed by atoms with van der Waals surface area (Å²) in [7, 11) is 0. The number of amides is 2. The molecular weight excluding hydrogens is 322 g/mol. The second kappa shape index (κ2) is 11.0. The van der Waals surface area contributed by atoms with E-state index in [-0.39, 0.29) is 31.2 Å². The molecule has 7 nitrogen and oxygen atoms in total. The number of hydrogen-bond donors (Lipinski definition) is 3. The van der Waals surface area contributed by atoms with Crippen molar-refractivity contribution in [2.45, 2.75) is 26.2 Å². The Labute approximate surface area is 147 Å². The SMILES string of the molecule is CCCCC(CN(O)C=O)C(=O)NCC(=O)/C=C(\N)c1ccccc1. The largest absolute Gasteiger partial charge is 0.398 e. The van der Waals surface area contributed by atoms with Gasteiger partial charge in [-0.1, -0.05) is 50.1 Å². The van der Waals surface area contributed by atoms with Gasteiger partial charge in [0.15, 0.2) is 5.78 Å². The minimum atomic E-state index is -0.571. The highest BCUT2D eigenvalue weighted by Gasteiger charge is 2.20. The third-order valence-corrected chi connectivity index (χ3v) is 3.67. The van der Waals surface area contributed by atoms with Gasteiger partial charge in [-0.15, -0.1) is 0 Å². The first-order chi connectivity index (χ1) is 12.0. The van der Waals surface area contributed by atoms with Crippen molar-refractivity contribution < 1.29 is 19.6 Å². The van der Waals surface area contributed by atoms with Gasteiger partial charge in [0.2, 0.25) is 12.3 Å². The molecule has 0 bridgehead atoms. The zero-order valence-corrected chi connectivity index (χ0v) is 14.4. The summed E-state index contributed by atoms with van der Waals surface area (Å²) >= 11 is 0. The summed E-state index contributed by atoms with van der Waals surface area (Å²) in [5, 5.41) is 12.3.